The molecule has 0 aliphatic heterocycles. The fourth-order valence-corrected chi connectivity index (χ4v) is 2.69. The number of hydrogen-bond acceptors (Lipinski definition) is 7. The van der Waals surface area contributed by atoms with Crippen molar-refractivity contribution in [2.45, 2.75) is 18.4 Å². The molecule has 1 aromatic carbocycles. The Morgan fingerprint density at radius 3 is 2.48 bits per heavy atom. The number of ether oxygens (including phenoxy) is 1. The van der Waals surface area contributed by atoms with E-state index in [-0.39, 0.29) is 17.1 Å². The van der Waals surface area contributed by atoms with Gasteiger partial charge in [-0.2, -0.15) is 0 Å². The van der Waals surface area contributed by atoms with Crippen LogP contribution in [0, 0.1) is 6.92 Å². The maximum atomic E-state index is 12.0. The number of nitrogens with zero attached hydrogens (tertiary/aromatic N) is 2. The van der Waals surface area contributed by atoms with Crippen LogP contribution in [0.4, 0.5) is 0 Å². The quantitative estimate of drug-likeness (QED) is 0.580. The molecule has 23 heavy (non-hydrogen) atoms. The van der Waals surface area contributed by atoms with Gasteiger partial charge in [0.05, 0.1) is 17.6 Å². The molecule has 0 aliphatic rings. The Balaban J connectivity index is 2.05. The van der Waals surface area contributed by atoms with E-state index in [0.29, 0.717) is 11.5 Å². The molecule has 0 bridgehead atoms. The van der Waals surface area contributed by atoms with E-state index in [1.165, 1.54) is 38.4 Å². The van der Waals surface area contributed by atoms with Crippen LogP contribution in [0.5, 0.6) is 0 Å². The van der Waals surface area contributed by atoms with Gasteiger partial charge in [0.1, 0.15) is 18.1 Å². The predicted molar refractivity (Wildman–Crippen MR) is 78.8 cm³/mol. The number of hydroxylamine groups is 1. The number of carbonyl (C=O) groups is 1. The molecular formula is C14H16N2O6S. The van der Waals surface area contributed by atoms with Gasteiger partial charge in [0.2, 0.25) is 0 Å². The number of hydrogen-bond donors (Lipinski definition) is 0. The second-order valence-corrected chi connectivity index (χ2v) is 6.56. The zero-order chi connectivity index (χ0) is 17.0. The Labute approximate surface area is 133 Å². The molecule has 0 unspecified atom stereocenters. The highest BCUT2D eigenvalue weighted by molar-refractivity contribution is 7.89. The summed E-state index contributed by atoms with van der Waals surface area (Å²) in [4.78, 5) is 16.6. The van der Waals surface area contributed by atoms with Gasteiger partial charge < -0.3 is 9.26 Å². The summed E-state index contributed by atoms with van der Waals surface area (Å²) < 4.78 is 34.7. The van der Waals surface area contributed by atoms with Crippen molar-refractivity contribution in [2.75, 3.05) is 14.2 Å². The largest absolute Gasteiger partial charge is 0.455 e. The van der Waals surface area contributed by atoms with Crippen LogP contribution in [0.3, 0.4) is 0 Å². The number of benzene rings is 1. The summed E-state index contributed by atoms with van der Waals surface area (Å²) in [6, 6.07) is 7.01. The molecule has 0 radical (unpaired) electrons. The molecule has 0 saturated carbocycles. The van der Waals surface area contributed by atoms with Crippen LogP contribution in [0.1, 0.15) is 21.8 Å². The third-order valence-corrected chi connectivity index (χ3v) is 4.71. The highest BCUT2D eigenvalue weighted by Crippen LogP contribution is 2.16. The maximum absolute atomic E-state index is 12.0. The third kappa shape index (κ3) is 3.95. The van der Waals surface area contributed by atoms with Crippen LogP contribution >= 0.6 is 0 Å². The van der Waals surface area contributed by atoms with Crippen LogP contribution in [0.25, 0.3) is 0 Å². The first kappa shape index (κ1) is 17.1. The molecule has 1 aromatic heterocycles. The first-order valence-electron chi connectivity index (χ1n) is 6.57. The molecule has 1 heterocycles. The fraction of sp³-hybridized carbons (Fsp3) is 0.286. The van der Waals surface area contributed by atoms with Crippen molar-refractivity contribution in [3.63, 3.8) is 0 Å². The number of aryl methyl sites for hydroxylation is 1. The van der Waals surface area contributed by atoms with Crippen molar-refractivity contribution in [2.24, 2.45) is 0 Å². The zero-order valence-corrected chi connectivity index (χ0v) is 13.7. The third-order valence-electron chi connectivity index (χ3n) is 3.01. The standard InChI is InChI=1S/C14H16N2O6S/c1-10-8-12(15-22-10)9-21-14(17)11-4-6-13(7-5-11)23(18,19)16(2)20-3/h4-8H,9H2,1-3H3. The van der Waals surface area contributed by atoms with Crippen LogP contribution in [0.15, 0.2) is 39.8 Å². The second-order valence-electron chi connectivity index (χ2n) is 4.63. The summed E-state index contributed by atoms with van der Waals surface area (Å²) in [5.74, 6) is 0.0302. The number of esters is 1. The molecule has 0 aliphatic carbocycles. The Morgan fingerprint density at radius 2 is 1.96 bits per heavy atom. The normalized spacial score (nSPS) is 11.7. The monoisotopic (exact) mass is 340 g/mol. The van der Waals surface area contributed by atoms with Crippen molar-refractivity contribution in [1.29, 1.82) is 0 Å². The highest BCUT2D eigenvalue weighted by Gasteiger charge is 2.21. The lowest BCUT2D eigenvalue weighted by Crippen LogP contribution is -2.25. The summed E-state index contributed by atoms with van der Waals surface area (Å²) in [6.45, 7) is 1.71. The van der Waals surface area contributed by atoms with E-state index in [1.807, 2.05) is 0 Å². The SMILES string of the molecule is CON(C)S(=O)(=O)c1ccc(C(=O)OCc2cc(C)on2)cc1. The number of rotatable bonds is 6. The average molecular weight is 340 g/mol. The van der Waals surface area contributed by atoms with Crippen molar-refractivity contribution in [3.05, 3.63) is 47.3 Å². The first-order valence-corrected chi connectivity index (χ1v) is 8.01. The van der Waals surface area contributed by atoms with Crippen molar-refractivity contribution < 1.29 is 27.3 Å². The number of sulfonamides is 1. The van der Waals surface area contributed by atoms with E-state index >= 15 is 0 Å². The molecule has 2 aromatic rings. The summed E-state index contributed by atoms with van der Waals surface area (Å²) >= 11 is 0. The molecule has 0 fully saturated rings. The van der Waals surface area contributed by atoms with Gasteiger partial charge in [0.25, 0.3) is 10.0 Å². The van der Waals surface area contributed by atoms with Gasteiger partial charge in [-0.05, 0) is 31.2 Å². The van der Waals surface area contributed by atoms with Crippen LogP contribution in [-0.4, -0.2) is 38.2 Å². The molecule has 2 rings (SSSR count). The smallest absolute Gasteiger partial charge is 0.338 e. The van der Waals surface area contributed by atoms with Crippen molar-refractivity contribution in [1.82, 2.24) is 9.63 Å². The lowest BCUT2D eigenvalue weighted by atomic mass is 10.2. The molecule has 0 amide bonds. The van der Waals surface area contributed by atoms with Gasteiger partial charge in [-0.15, -0.1) is 0 Å². The van der Waals surface area contributed by atoms with Gasteiger partial charge in [-0.3, -0.25) is 4.84 Å². The predicted octanol–water partition coefficient (Wildman–Crippen LogP) is 1.52. The van der Waals surface area contributed by atoms with Gasteiger partial charge in [-0.1, -0.05) is 9.63 Å². The van der Waals surface area contributed by atoms with Gasteiger partial charge >= 0.3 is 5.97 Å². The summed E-state index contributed by atoms with van der Waals surface area (Å²) in [6.07, 6.45) is 0. The molecule has 0 saturated heterocycles. The van der Waals surface area contributed by atoms with Gasteiger partial charge in [-0.25, -0.2) is 13.2 Å². The van der Waals surface area contributed by atoms with Crippen LogP contribution < -0.4 is 0 Å². The molecule has 9 heteroatoms. The van der Waals surface area contributed by atoms with Crippen molar-refractivity contribution >= 4 is 16.0 Å². The Bertz CT molecular complexity index is 782. The van der Waals surface area contributed by atoms with E-state index in [9.17, 15) is 13.2 Å². The van der Waals surface area contributed by atoms with Gasteiger partial charge in [0, 0.05) is 13.1 Å². The van der Waals surface area contributed by atoms with Crippen LogP contribution in [-0.2, 0) is 26.2 Å². The highest BCUT2D eigenvalue weighted by atomic mass is 32.2. The summed E-state index contributed by atoms with van der Waals surface area (Å²) in [7, 11) is -1.23. The van der Waals surface area contributed by atoms with E-state index in [2.05, 4.69) is 9.99 Å². The molecule has 0 atom stereocenters. The molecule has 0 spiro atoms. The lowest BCUT2D eigenvalue weighted by molar-refractivity contribution is -0.0258. The lowest BCUT2D eigenvalue weighted by Gasteiger charge is -2.14. The molecule has 124 valence electrons. The first-order chi connectivity index (χ1) is 10.8. The fourth-order valence-electron chi connectivity index (χ4n) is 1.72. The molecular weight excluding hydrogens is 324 g/mol. The number of carbonyl (C=O) groups excluding carboxylic acids is 1. The minimum absolute atomic E-state index is 0.00512. The van der Waals surface area contributed by atoms with Crippen LogP contribution in [0.2, 0.25) is 0 Å². The Morgan fingerprint density at radius 1 is 1.30 bits per heavy atom. The Kier molecular flexibility index (Phi) is 5.14. The topological polar surface area (TPSA) is 98.9 Å². The maximum Gasteiger partial charge on any atom is 0.338 e. The Hall–Kier alpha value is -2.23. The van der Waals surface area contributed by atoms with Gasteiger partial charge in [0.15, 0.2) is 0 Å². The van der Waals surface area contributed by atoms with E-state index in [0.717, 1.165) is 4.47 Å². The summed E-state index contributed by atoms with van der Waals surface area (Å²) in [5.41, 5.74) is 0.723. The zero-order valence-electron chi connectivity index (χ0n) is 12.8. The average Bonchev–Trinajstić information content (AvgIpc) is 2.97. The minimum Gasteiger partial charge on any atom is -0.455 e. The minimum atomic E-state index is -3.75. The summed E-state index contributed by atoms with van der Waals surface area (Å²) in [5, 5.41) is 3.71. The van der Waals surface area contributed by atoms with E-state index < -0.39 is 16.0 Å². The van der Waals surface area contributed by atoms with E-state index in [4.69, 9.17) is 9.26 Å². The number of aromatic nitrogens is 1. The second kappa shape index (κ2) is 6.90. The van der Waals surface area contributed by atoms with E-state index in [1.54, 1.807) is 13.0 Å². The molecule has 0 N–H and O–H groups in total. The molecule has 8 nitrogen and oxygen atoms in total. The van der Waals surface area contributed by atoms with Crippen molar-refractivity contribution in [3.8, 4) is 0 Å².